The number of carbonyl (C=O) groups excluding carboxylic acids is 1. The lowest BCUT2D eigenvalue weighted by Crippen LogP contribution is -2.31. The van der Waals surface area contributed by atoms with Crippen LogP contribution in [0.3, 0.4) is 0 Å². The number of imidazole rings is 1. The molecule has 0 aliphatic carbocycles. The highest BCUT2D eigenvalue weighted by atomic mass is 79.9. The van der Waals surface area contributed by atoms with Crippen molar-refractivity contribution in [2.24, 2.45) is 0 Å². The average Bonchev–Trinajstić information content (AvgIpc) is 3.53. The molecule has 1 unspecified atom stereocenters. The fourth-order valence-corrected chi connectivity index (χ4v) is 4.75. The molecular formula is C25H24BrN5O. The predicted octanol–water partition coefficient (Wildman–Crippen LogP) is 5.23. The molecule has 0 spiro atoms. The number of hydrogen-bond acceptors (Lipinski definition) is 3. The summed E-state index contributed by atoms with van der Waals surface area (Å²) in [5, 5.41) is 4.86. The molecule has 1 amide bonds. The second-order valence-corrected chi connectivity index (χ2v) is 8.80. The number of H-pyrrole nitrogens is 1. The summed E-state index contributed by atoms with van der Waals surface area (Å²) in [4.78, 5) is 23.2. The van der Waals surface area contributed by atoms with Crippen molar-refractivity contribution in [1.82, 2.24) is 24.6 Å². The van der Waals surface area contributed by atoms with E-state index < -0.39 is 0 Å². The Labute approximate surface area is 195 Å². The van der Waals surface area contributed by atoms with E-state index in [0.29, 0.717) is 18.8 Å². The number of aromatic amines is 1. The van der Waals surface area contributed by atoms with Crippen LogP contribution in [-0.4, -0.2) is 37.1 Å². The zero-order chi connectivity index (χ0) is 22.1. The molecule has 1 aliphatic heterocycles. The lowest BCUT2D eigenvalue weighted by atomic mass is 9.96. The summed E-state index contributed by atoms with van der Waals surface area (Å²) in [7, 11) is 0. The van der Waals surface area contributed by atoms with E-state index in [9.17, 15) is 4.79 Å². The van der Waals surface area contributed by atoms with E-state index >= 15 is 0 Å². The van der Waals surface area contributed by atoms with Crippen LogP contribution in [0.2, 0.25) is 0 Å². The standard InChI is InChI=1S/C25H24BrN5O/c1-2-31-24-21(22(29-31)17-7-4-3-5-8-17)23(18-10-12-19(26)13-11-18)30(25(24)32)16-6-9-20-27-14-15-28-20/h3-5,7-8,10-15,23H,2,6,9,16H2,1H3,(H,27,28). The maximum atomic E-state index is 13.7. The van der Waals surface area contributed by atoms with Gasteiger partial charge >= 0.3 is 0 Å². The van der Waals surface area contributed by atoms with Crippen molar-refractivity contribution >= 4 is 21.8 Å². The number of rotatable bonds is 7. The smallest absolute Gasteiger partial charge is 0.273 e. The highest BCUT2D eigenvalue weighted by molar-refractivity contribution is 9.10. The number of carbonyl (C=O) groups is 1. The van der Waals surface area contributed by atoms with Gasteiger partial charge in [-0.1, -0.05) is 58.4 Å². The van der Waals surface area contributed by atoms with Gasteiger partial charge in [-0.05, 0) is 31.0 Å². The van der Waals surface area contributed by atoms with Gasteiger partial charge in [-0.15, -0.1) is 0 Å². The number of nitrogens with one attached hydrogen (secondary N) is 1. The van der Waals surface area contributed by atoms with Crippen LogP contribution in [0.4, 0.5) is 0 Å². The van der Waals surface area contributed by atoms with Crippen LogP contribution in [0.1, 0.15) is 46.8 Å². The third-order valence-electron chi connectivity index (χ3n) is 5.94. The van der Waals surface area contributed by atoms with E-state index in [0.717, 1.165) is 45.5 Å². The molecule has 2 aromatic carbocycles. The number of benzene rings is 2. The quantitative estimate of drug-likeness (QED) is 0.386. The molecular weight excluding hydrogens is 466 g/mol. The zero-order valence-corrected chi connectivity index (χ0v) is 19.4. The largest absolute Gasteiger partial charge is 0.349 e. The van der Waals surface area contributed by atoms with Crippen molar-refractivity contribution in [3.8, 4) is 11.3 Å². The lowest BCUT2D eigenvalue weighted by Gasteiger charge is -2.26. The summed E-state index contributed by atoms with van der Waals surface area (Å²) >= 11 is 3.54. The monoisotopic (exact) mass is 489 g/mol. The third kappa shape index (κ3) is 3.66. The summed E-state index contributed by atoms with van der Waals surface area (Å²) in [5.41, 5.74) is 4.72. The molecule has 4 aromatic rings. The molecule has 162 valence electrons. The topological polar surface area (TPSA) is 66.8 Å². The number of aromatic nitrogens is 4. The van der Waals surface area contributed by atoms with Crippen LogP contribution >= 0.6 is 15.9 Å². The van der Waals surface area contributed by atoms with Crippen LogP contribution < -0.4 is 0 Å². The summed E-state index contributed by atoms with van der Waals surface area (Å²) < 4.78 is 2.88. The predicted molar refractivity (Wildman–Crippen MR) is 127 cm³/mol. The fraction of sp³-hybridized carbons (Fsp3) is 0.240. The van der Waals surface area contributed by atoms with Crippen LogP contribution in [0.15, 0.2) is 71.5 Å². The first kappa shape index (κ1) is 20.7. The van der Waals surface area contributed by atoms with Gasteiger partial charge in [-0.3, -0.25) is 9.48 Å². The maximum Gasteiger partial charge on any atom is 0.273 e. The molecule has 7 heteroatoms. The molecule has 5 rings (SSSR count). The maximum absolute atomic E-state index is 13.7. The van der Waals surface area contributed by atoms with Gasteiger partial charge in [0.2, 0.25) is 0 Å². The van der Waals surface area contributed by atoms with Gasteiger partial charge in [0, 0.05) is 47.5 Å². The van der Waals surface area contributed by atoms with Crippen molar-refractivity contribution < 1.29 is 4.79 Å². The molecule has 32 heavy (non-hydrogen) atoms. The number of hydrogen-bond donors (Lipinski definition) is 1. The van der Waals surface area contributed by atoms with Crippen LogP contribution in [0.25, 0.3) is 11.3 Å². The Morgan fingerprint density at radius 2 is 1.88 bits per heavy atom. The van der Waals surface area contributed by atoms with Crippen molar-refractivity contribution in [3.05, 3.63) is 94.1 Å². The first-order chi connectivity index (χ1) is 15.7. The highest BCUT2D eigenvalue weighted by Crippen LogP contribution is 2.44. The van der Waals surface area contributed by atoms with E-state index in [2.05, 4.69) is 50.2 Å². The molecule has 0 radical (unpaired) electrons. The number of amides is 1. The van der Waals surface area contributed by atoms with E-state index in [1.165, 1.54) is 0 Å². The van der Waals surface area contributed by atoms with Crippen molar-refractivity contribution in [2.75, 3.05) is 6.54 Å². The average molecular weight is 490 g/mol. The molecule has 0 saturated carbocycles. The summed E-state index contributed by atoms with van der Waals surface area (Å²) in [6.07, 6.45) is 5.22. The van der Waals surface area contributed by atoms with Gasteiger partial charge < -0.3 is 9.88 Å². The van der Waals surface area contributed by atoms with E-state index in [1.54, 1.807) is 6.20 Å². The summed E-state index contributed by atoms with van der Waals surface area (Å²) in [6.45, 7) is 3.32. The van der Waals surface area contributed by atoms with Crippen LogP contribution in [0.5, 0.6) is 0 Å². The molecule has 0 fully saturated rings. The zero-order valence-electron chi connectivity index (χ0n) is 17.8. The highest BCUT2D eigenvalue weighted by Gasteiger charge is 2.43. The molecule has 0 bridgehead atoms. The molecule has 3 heterocycles. The van der Waals surface area contributed by atoms with Crippen molar-refractivity contribution in [2.45, 2.75) is 32.4 Å². The SMILES string of the molecule is CCn1nc(-c2ccccc2)c2c1C(=O)N(CCCc1ncc[nH]1)C2c1ccc(Br)cc1. The fourth-order valence-electron chi connectivity index (χ4n) is 4.48. The minimum atomic E-state index is -0.169. The Morgan fingerprint density at radius 3 is 2.56 bits per heavy atom. The van der Waals surface area contributed by atoms with Gasteiger partial charge in [0.25, 0.3) is 5.91 Å². The second-order valence-electron chi connectivity index (χ2n) is 7.88. The molecule has 1 atom stereocenters. The van der Waals surface area contributed by atoms with Crippen LogP contribution in [0, 0.1) is 0 Å². The minimum Gasteiger partial charge on any atom is -0.349 e. The van der Waals surface area contributed by atoms with E-state index in [1.807, 2.05) is 53.0 Å². The number of aryl methyl sites for hydroxylation is 2. The van der Waals surface area contributed by atoms with Gasteiger partial charge in [0.1, 0.15) is 11.5 Å². The van der Waals surface area contributed by atoms with E-state index in [-0.39, 0.29) is 11.9 Å². The molecule has 6 nitrogen and oxygen atoms in total. The number of halogens is 1. The van der Waals surface area contributed by atoms with Crippen molar-refractivity contribution in [3.63, 3.8) is 0 Å². The Kier molecular flexibility index (Phi) is 5.66. The molecule has 0 saturated heterocycles. The molecule has 1 N–H and O–H groups in total. The number of fused-ring (bicyclic) bond motifs is 1. The Bertz CT molecular complexity index is 1220. The Balaban J connectivity index is 1.58. The van der Waals surface area contributed by atoms with Gasteiger partial charge in [0.05, 0.1) is 11.7 Å². The van der Waals surface area contributed by atoms with Gasteiger partial charge in [-0.25, -0.2) is 4.98 Å². The second kappa shape index (κ2) is 8.74. The van der Waals surface area contributed by atoms with Gasteiger partial charge in [-0.2, -0.15) is 5.10 Å². The molecule has 2 aromatic heterocycles. The normalized spacial score (nSPS) is 15.4. The summed E-state index contributed by atoms with van der Waals surface area (Å²) in [6, 6.07) is 18.2. The van der Waals surface area contributed by atoms with Crippen molar-refractivity contribution in [1.29, 1.82) is 0 Å². The van der Waals surface area contributed by atoms with Crippen LogP contribution in [-0.2, 0) is 13.0 Å². The first-order valence-corrected chi connectivity index (χ1v) is 11.7. The van der Waals surface area contributed by atoms with Gasteiger partial charge in [0.15, 0.2) is 0 Å². The first-order valence-electron chi connectivity index (χ1n) is 10.9. The Morgan fingerprint density at radius 1 is 1.09 bits per heavy atom. The number of nitrogens with zero attached hydrogens (tertiary/aromatic N) is 4. The minimum absolute atomic E-state index is 0.0453. The molecule has 1 aliphatic rings. The third-order valence-corrected chi connectivity index (χ3v) is 6.47. The lowest BCUT2D eigenvalue weighted by molar-refractivity contribution is 0.0736. The Hall–Kier alpha value is -3.19. The van der Waals surface area contributed by atoms with E-state index in [4.69, 9.17) is 5.10 Å². The summed E-state index contributed by atoms with van der Waals surface area (Å²) in [5.74, 6) is 0.989.